The van der Waals surface area contributed by atoms with Gasteiger partial charge < -0.3 is 15.4 Å². The fraction of sp³-hybridized carbons (Fsp3) is 0.160. The number of nitrogens with zero attached hydrogens (tertiary/aromatic N) is 2. The first-order chi connectivity index (χ1) is 16.0. The average molecular weight is 443 g/mol. The van der Waals surface area contributed by atoms with Crippen LogP contribution in [0.15, 0.2) is 88.6 Å². The van der Waals surface area contributed by atoms with Crippen LogP contribution < -0.4 is 5.23 Å². The van der Waals surface area contributed by atoms with Gasteiger partial charge in [0, 0.05) is 28.7 Å². The molecule has 0 amide bonds. The standard InChI is InChI=1S/C25H21N3O5/c29-23-17(11-6-12-20(23)28(32)33)22-18(14-7-2-1-3-8-14)13-19(26-27-22)21-24(30)15-9-4-5-10-16(15)25(21)31/h1-12,18-19,22,28-30,32H,13H2/t18-,19-,22-/m1/s1. The lowest BCUT2D eigenvalue weighted by atomic mass is 9.80. The van der Waals surface area contributed by atoms with Gasteiger partial charge in [0.2, 0.25) is 5.69 Å². The van der Waals surface area contributed by atoms with Gasteiger partial charge in [-0.2, -0.15) is 15.5 Å². The molecule has 2 aliphatic rings. The molecule has 4 N–H and O–H groups in total. The average Bonchev–Trinajstić information content (AvgIpc) is 3.09. The summed E-state index contributed by atoms with van der Waals surface area (Å²) in [4.78, 5) is 13.1. The molecule has 1 aliphatic heterocycles. The number of carbonyl (C=O) groups excluding carboxylic acids is 1. The van der Waals surface area contributed by atoms with E-state index >= 15 is 0 Å². The fourth-order valence-electron chi connectivity index (χ4n) is 4.69. The normalized spacial score (nSPS) is 23.0. The molecule has 1 aliphatic carbocycles. The molecule has 4 atom stereocenters. The summed E-state index contributed by atoms with van der Waals surface area (Å²) in [7, 11) is 0. The number of benzene rings is 3. The second kappa shape index (κ2) is 8.25. The zero-order valence-corrected chi connectivity index (χ0v) is 17.4. The summed E-state index contributed by atoms with van der Waals surface area (Å²) >= 11 is 0. The van der Waals surface area contributed by atoms with E-state index in [9.17, 15) is 25.4 Å². The molecule has 0 saturated carbocycles. The molecule has 8 nitrogen and oxygen atoms in total. The summed E-state index contributed by atoms with van der Waals surface area (Å²) in [6, 6.07) is 19.6. The highest BCUT2D eigenvalue weighted by atomic mass is 16.8. The van der Waals surface area contributed by atoms with Crippen LogP contribution >= 0.6 is 0 Å². The second-order valence-electron chi connectivity index (χ2n) is 8.13. The first kappa shape index (κ1) is 21.0. The third-order valence-electron chi connectivity index (χ3n) is 6.29. The number of carbonyl (C=O) groups is 1. The van der Waals surface area contributed by atoms with Gasteiger partial charge in [-0.05, 0) is 12.0 Å². The maximum atomic E-state index is 13.1. The summed E-state index contributed by atoms with van der Waals surface area (Å²) in [5.74, 6) is -1.01. The lowest BCUT2D eigenvalue weighted by Gasteiger charge is -2.31. The second-order valence-corrected chi connectivity index (χ2v) is 8.13. The molecular formula is C25H21N3O5. The number of nitrogens with one attached hydrogen (secondary N) is 1. The lowest BCUT2D eigenvalue weighted by molar-refractivity contribution is -0.991. The van der Waals surface area contributed by atoms with Crippen molar-refractivity contribution in [1.29, 1.82) is 0 Å². The van der Waals surface area contributed by atoms with Crippen LogP contribution in [0.5, 0.6) is 5.75 Å². The van der Waals surface area contributed by atoms with E-state index in [4.69, 9.17) is 0 Å². The number of fused-ring (bicyclic) bond motifs is 1. The van der Waals surface area contributed by atoms with E-state index in [1.807, 2.05) is 30.3 Å². The van der Waals surface area contributed by atoms with Crippen LogP contribution in [0.1, 0.15) is 45.4 Å². The Labute approximate surface area is 189 Å². The Morgan fingerprint density at radius 3 is 2.27 bits per heavy atom. The molecule has 5 rings (SSSR count). The van der Waals surface area contributed by atoms with E-state index in [2.05, 4.69) is 10.2 Å². The van der Waals surface area contributed by atoms with Crippen LogP contribution in [0.2, 0.25) is 0 Å². The van der Waals surface area contributed by atoms with Crippen molar-refractivity contribution in [1.82, 2.24) is 0 Å². The molecule has 0 bridgehead atoms. The van der Waals surface area contributed by atoms with Crippen LogP contribution in [0.3, 0.4) is 0 Å². The minimum absolute atomic E-state index is 0.0828. The first-order valence-corrected chi connectivity index (χ1v) is 10.5. The monoisotopic (exact) mass is 443 g/mol. The number of aromatic hydroxyl groups is 1. The number of hydrogen-bond donors (Lipinski definition) is 4. The molecule has 33 heavy (non-hydrogen) atoms. The first-order valence-electron chi connectivity index (χ1n) is 10.5. The molecule has 1 heterocycles. The van der Waals surface area contributed by atoms with Crippen molar-refractivity contribution < 1.29 is 25.4 Å². The van der Waals surface area contributed by atoms with Crippen LogP contribution in [0, 0.1) is 5.21 Å². The number of para-hydroxylation sites is 1. The Morgan fingerprint density at radius 1 is 0.879 bits per heavy atom. The number of aliphatic hydroxyl groups excluding tert-OH is 1. The predicted octanol–water partition coefficient (Wildman–Crippen LogP) is 4.01. The third kappa shape index (κ3) is 3.50. The third-order valence-corrected chi connectivity index (χ3v) is 6.29. The van der Waals surface area contributed by atoms with Gasteiger partial charge in [0.25, 0.3) is 0 Å². The fourth-order valence-corrected chi connectivity index (χ4v) is 4.69. The smallest absolute Gasteiger partial charge is 0.206 e. The molecule has 0 saturated heterocycles. The van der Waals surface area contributed by atoms with Crippen molar-refractivity contribution in [3.8, 4) is 5.75 Å². The summed E-state index contributed by atoms with van der Waals surface area (Å²) in [5, 5.41) is 50.0. The Balaban J connectivity index is 1.59. The topological polar surface area (TPSA) is 130 Å². The number of phenols is 1. The van der Waals surface area contributed by atoms with Crippen LogP contribution in [0.25, 0.3) is 5.76 Å². The summed E-state index contributed by atoms with van der Waals surface area (Å²) in [6.07, 6.45) is 0.355. The van der Waals surface area contributed by atoms with Crippen molar-refractivity contribution in [3.63, 3.8) is 0 Å². The van der Waals surface area contributed by atoms with E-state index in [0.717, 1.165) is 5.56 Å². The van der Waals surface area contributed by atoms with Crippen LogP contribution in [0.4, 0.5) is 5.69 Å². The Bertz CT molecular complexity index is 1290. The van der Waals surface area contributed by atoms with Gasteiger partial charge in [0.15, 0.2) is 11.5 Å². The minimum Gasteiger partial charge on any atom is -0.595 e. The number of rotatable bonds is 4. The van der Waals surface area contributed by atoms with Crippen molar-refractivity contribution in [2.75, 3.05) is 0 Å². The van der Waals surface area contributed by atoms with Gasteiger partial charge in [-0.1, -0.05) is 66.7 Å². The van der Waals surface area contributed by atoms with Gasteiger partial charge in [0.05, 0.1) is 5.57 Å². The van der Waals surface area contributed by atoms with Gasteiger partial charge in [-0.25, -0.2) is 5.21 Å². The minimum atomic E-state index is -1.24. The predicted molar refractivity (Wildman–Crippen MR) is 119 cm³/mol. The number of phenolic OH excluding ortho intramolecular Hbond substituents is 1. The van der Waals surface area contributed by atoms with Crippen molar-refractivity contribution in [3.05, 3.63) is 106 Å². The van der Waals surface area contributed by atoms with Crippen molar-refractivity contribution in [2.24, 2.45) is 10.2 Å². The highest BCUT2D eigenvalue weighted by Gasteiger charge is 2.41. The van der Waals surface area contributed by atoms with Gasteiger partial charge in [-0.3, -0.25) is 4.79 Å². The zero-order chi connectivity index (χ0) is 23.1. The molecule has 1 unspecified atom stereocenters. The molecule has 3 aromatic carbocycles. The molecule has 0 spiro atoms. The molecule has 3 aromatic rings. The van der Waals surface area contributed by atoms with Crippen LogP contribution in [-0.4, -0.2) is 27.2 Å². The molecule has 0 fully saturated rings. The van der Waals surface area contributed by atoms with Crippen LogP contribution in [-0.2, 0) is 0 Å². The quantitative estimate of drug-likeness (QED) is 0.358. The van der Waals surface area contributed by atoms with Gasteiger partial charge in [0.1, 0.15) is 17.8 Å². The summed E-state index contributed by atoms with van der Waals surface area (Å²) < 4.78 is 0. The molecule has 166 valence electrons. The highest BCUT2D eigenvalue weighted by Crippen LogP contribution is 2.48. The summed E-state index contributed by atoms with van der Waals surface area (Å²) in [5.41, 5.74) is 2.18. The van der Waals surface area contributed by atoms with E-state index in [0.29, 0.717) is 23.1 Å². The lowest BCUT2D eigenvalue weighted by Crippen LogP contribution is -2.99. The van der Waals surface area contributed by atoms with Gasteiger partial charge >= 0.3 is 0 Å². The summed E-state index contributed by atoms with van der Waals surface area (Å²) in [6.45, 7) is 0. The van der Waals surface area contributed by atoms with E-state index in [1.165, 1.54) is 6.07 Å². The number of azo groups is 1. The SMILES string of the molecule is O=C1C([C@H]2C[C@H](c3ccccc3)[C@@H](c3cccc([NH+]([O-])O)c3O)N=N2)=C(O)c2ccccc21. The van der Waals surface area contributed by atoms with Crippen molar-refractivity contribution in [2.45, 2.75) is 24.4 Å². The highest BCUT2D eigenvalue weighted by molar-refractivity contribution is 6.20. The number of hydrogen-bond acceptors (Lipinski definition) is 7. The zero-order valence-electron chi connectivity index (χ0n) is 17.4. The number of quaternary nitrogens is 1. The van der Waals surface area contributed by atoms with E-state index < -0.39 is 17.3 Å². The molecule has 0 aromatic heterocycles. The van der Waals surface area contributed by atoms with E-state index in [-0.39, 0.29) is 34.5 Å². The maximum absolute atomic E-state index is 13.1. The number of aliphatic hydroxyl groups is 1. The van der Waals surface area contributed by atoms with E-state index in [1.54, 1.807) is 36.4 Å². The largest absolute Gasteiger partial charge is 0.595 e. The number of ketones is 1. The molecule has 8 heteroatoms. The Morgan fingerprint density at radius 2 is 1.58 bits per heavy atom. The Kier molecular flexibility index (Phi) is 5.26. The van der Waals surface area contributed by atoms with Crippen molar-refractivity contribution >= 4 is 17.2 Å². The molecule has 0 radical (unpaired) electrons. The molecular weight excluding hydrogens is 422 g/mol. The Hall–Kier alpha value is -3.85. The number of Topliss-reactive ketones (excluding diaryl/α,β-unsaturated/α-hetero) is 1. The van der Waals surface area contributed by atoms with Gasteiger partial charge in [-0.15, -0.1) is 0 Å². The maximum Gasteiger partial charge on any atom is 0.206 e.